The first kappa shape index (κ1) is 16.1. The molecule has 0 spiro atoms. The number of hydrogen-bond donors (Lipinski definition) is 1. The minimum atomic E-state index is -0.355. The fourth-order valence-electron chi connectivity index (χ4n) is 3.68. The van der Waals surface area contributed by atoms with Crippen LogP contribution in [0.5, 0.6) is 11.5 Å². The van der Waals surface area contributed by atoms with Crippen molar-refractivity contribution >= 4 is 17.3 Å². The molecule has 0 unspecified atom stereocenters. The highest BCUT2D eigenvalue weighted by Gasteiger charge is 2.41. The van der Waals surface area contributed by atoms with Crippen LogP contribution in [0.3, 0.4) is 0 Å². The molecule has 0 amide bonds. The number of pyridine rings is 1. The Morgan fingerprint density at radius 3 is 2.74 bits per heavy atom. The second-order valence-corrected chi connectivity index (χ2v) is 7.03. The van der Waals surface area contributed by atoms with Gasteiger partial charge in [0.2, 0.25) is 6.23 Å². The van der Waals surface area contributed by atoms with E-state index < -0.39 is 0 Å². The van der Waals surface area contributed by atoms with Crippen molar-refractivity contribution in [2.45, 2.75) is 18.7 Å². The van der Waals surface area contributed by atoms with Crippen molar-refractivity contribution in [1.29, 1.82) is 0 Å². The number of halogens is 1. The number of aromatic nitrogens is 1. The molecule has 1 N–H and O–H groups in total. The summed E-state index contributed by atoms with van der Waals surface area (Å²) in [6.07, 6.45) is 3.80. The van der Waals surface area contributed by atoms with Gasteiger partial charge in [0, 0.05) is 40.5 Å². The first-order valence-corrected chi connectivity index (χ1v) is 9.09. The van der Waals surface area contributed by atoms with E-state index in [1.165, 1.54) is 0 Å². The lowest BCUT2D eigenvalue weighted by molar-refractivity contribution is -0.0190. The molecule has 2 aromatic carbocycles. The van der Waals surface area contributed by atoms with Crippen LogP contribution in [0.2, 0.25) is 5.02 Å². The molecule has 1 aromatic heterocycles. The van der Waals surface area contributed by atoms with Gasteiger partial charge in [-0.1, -0.05) is 29.8 Å². The molecule has 0 saturated heterocycles. The number of benzene rings is 2. The fourth-order valence-corrected chi connectivity index (χ4v) is 3.86. The predicted molar refractivity (Wildman–Crippen MR) is 103 cm³/mol. The van der Waals surface area contributed by atoms with Gasteiger partial charge < -0.3 is 9.84 Å². The van der Waals surface area contributed by atoms with Crippen LogP contribution in [0.15, 0.2) is 72.1 Å². The van der Waals surface area contributed by atoms with E-state index >= 15 is 0 Å². The molecule has 3 heterocycles. The summed E-state index contributed by atoms with van der Waals surface area (Å²) in [5, 5.41) is 17.7. The zero-order valence-electron chi connectivity index (χ0n) is 14.3. The normalized spacial score (nSPS) is 20.5. The number of fused-ring (bicyclic) bond motifs is 3. The molecule has 134 valence electrons. The van der Waals surface area contributed by atoms with E-state index in [0.29, 0.717) is 17.0 Å². The average molecular weight is 378 g/mol. The highest BCUT2D eigenvalue weighted by molar-refractivity contribution is 6.31. The van der Waals surface area contributed by atoms with Crippen molar-refractivity contribution in [3.05, 3.63) is 88.7 Å². The number of phenols is 1. The number of rotatable bonds is 2. The summed E-state index contributed by atoms with van der Waals surface area (Å²) in [5.41, 5.74) is 3.51. The third kappa shape index (κ3) is 2.71. The molecule has 0 radical (unpaired) electrons. The Bertz CT molecular complexity index is 1040. The minimum absolute atomic E-state index is 0.0292. The van der Waals surface area contributed by atoms with Crippen LogP contribution in [-0.2, 0) is 0 Å². The Labute approximate surface area is 161 Å². The molecule has 2 aliphatic heterocycles. The van der Waals surface area contributed by atoms with Crippen LogP contribution < -0.4 is 4.74 Å². The van der Waals surface area contributed by atoms with E-state index in [-0.39, 0.29) is 18.0 Å². The van der Waals surface area contributed by atoms with Crippen molar-refractivity contribution in [3.8, 4) is 11.5 Å². The number of phenolic OH excluding ortho intramolecular Hbond substituents is 1. The van der Waals surface area contributed by atoms with Gasteiger partial charge in [0.15, 0.2) is 0 Å². The number of hydrazone groups is 1. The lowest BCUT2D eigenvalue weighted by Crippen LogP contribution is -2.33. The third-order valence-corrected chi connectivity index (χ3v) is 5.19. The number of aromatic hydroxyl groups is 1. The minimum Gasteiger partial charge on any atom is -0.507 e. The van der Waals surface area contributed by atoms with Crippen molar-refractivity contribution in [1.82, 2.24) is 9.99 Å². The number of nitrogens with zero attached hydrogens (tertiary/aromatic N) is 3. The molecule has 0 saturated carbocycles. The topological polar surface area (TPSA) is 58.0 Å². The summed E-state index contributed by atoms with van der Waals surface area (Å²) in [7, 11) is 0. The number of hydrogen-bond acceptors (Lipinski definition) is 5. The van der Waals surface area contributed by atoms with Gasteiger partial charge in [-0.05, 0) is 36.4 Å². The van der Waals surface area contributed by atoms with Crippen LogP contribution >= 0.6 is 11.6 Å². The van der Waals surface area contributed by atoms with Gasteiger partial charge in [-0.25, -0.2) is 5.01 Å². The molecule has 5 nitrogen and oxygen atoms in total. The second kappa shape index (κ2) is 6.28. The fraction of sp³-hybridized carbons (Fsp3) is 0.143. The van der Waals surface area contributed by atoms with Gasteiger partial charge in [-0.2, -0.15) is 5.10 Å². The third-order valence-electron chi connectivity index (χ3n) is 4.96. The molecule has 3 aromatic rings. The standard InChI is InChI=1S/C21H16ClN3O2/c22-14-5-6-19(26)16(11-14)17-12-18-15-3-1-2-4-20(15)27-21(25(18)24-17)13-7-9-23-10-8-13/h1-11,18,21,26H,12H2/t18-,21+/m1/s1. The summed E-state index contributed by atoms with van der Waals surface area (Å²) in [5.74, 6) is 1.03. The maximum atomic E-state index is 10.3. The molecule has 5 rings (SSSR count). The molecule has 0 aliphatic carbocycles. The first-order valence-electron chi connectivity index (χ1n) is 8.71. The zero-order valence-corrected chi connectivity index (χ0v) is 15.0. The smallest absolute Gasteiger partial charge is 0.213 e. The van der Waals surface area contributed by atoms with Crippen molar-refractivity contribution in [2.75, 3.05) is 0 Å². The SMILES string of the molecule is Oc1ccc(Cl)cc1C1=NN2[C@H](C1)c1ccccc1O[C@H]2c1ccncc1. The number of para-hydroxylation sites is 1. The van der Waals surface area contributed by atoms with E-state index in [9.17, 15) is 5.11 Å². The Hall–Kier alpha value is -3.05. The van der Waals surface area contributed by atoms with E-state index in [1.54, 1.807) is 30.6 Å². The average Bonchev–Trinajstić information content (AvgIpc) is 3.15. The predicted octanol–water partition coefficient (Wildman–Crippen LogP) is 4.68. The van der Waals surface area contributed by atoms with Gasteiger partial charge in [0.25, 0.3) is 0 Å². The van der Waals surface area contributed by atoms with Crippen LogP contribution in [0.25, 0.3) is 0 Å². The van der Waals surface area contributed by atoms with E-state index in [0.717, 1.165) is 22.6 Å². The van der Waals surface area contributed by atoms with Crippen molar-refractivity contribution in [2.24, 2.45) is 5.10 Å². The van der Waals surface area contributed by atoms with Crippen molar-refractivity contribution in [3.63, 3.8) is 0 Å². The summed E-state index contributed by atoms with van der Waals surface area (Å²) < 4.78 is 6.27. The Morgan fingerprint density at radius 2 is 1.89 bits per heavy atom. The Kier molecular flexibility index (Phi) is 3.76. The second-order valence-electron chi connectivity index (χ2n) is 6.60. The Morgan fingerprint density at radius 1 is 1.07 bits per heavy atom. The molecular weight excluding hydrogens is 362 g/mol. The van der Waals surface area contributed by atoms with Crippen molar-refractivity contribution < 1.29 is 9.84 Å². The van der Waals surface area contributed by atoms with Gasteiger partial charge >= 0.3 is 0 Å². The van der Waals surface area contributed by atoms with E-state index in [2.05, 4.69) is 11.1 Å². The molecule has 2 atom stereocenters. The molecule has 2 aliphatic rings. The quantitative estimate of drug-likeness (QED) is 0.704. The largest absolute Gasteiger partial charge is 0.507 e. The van der Waals surface area contributed by atoms with Gasteiger partial charge in [0.05, 0.1) is 11.8 Å². The monoisotopic (exact) mass is 377 g/mol. The summed E-state index contributed by atoms with van der Waals surface area (Å²) in [6, 6.07) is 16.9. The lowest BCUT2D eigenvalue weighted by atomic mass is 9.95. The van der Waals surface area contributed by atoms with Crippen LogP contribution in [0.4, 0.5) is 0 Å². The van der Waals surface area contributed by atoms with E-state index in [4.69, 9.17) is 21.4 Å². The maximum Gasteiger partial charge on any atom is 0.213 e. The molecular formula is C21H16ClN3O2. The van der Waals surface area contributed by atoms with Crippen LogP contribution in [0, 0.1) is 0 Å². The Balaban J connectivity index is 1.62. The summed E-state index contributed by atoms with van der Waals surface area (Å²) >= 11 is 6.14. The molecule has 0 bridgehead atoms. The van der Waals surface area contributed by atoms with E-state index in [1.807, 2.05) is 35.3 Å². The number of ether oxygens (including phenoxy) is 1. The molecule has 0 fully saturated rings. The zero-order chi connectivity index (χ0) is 18.4. The van der Waals surface area contributed by atoms with Crippen LogP contribution in [0.1, 0.15) is 35.4 Å². The lowest BCUT2D eigenvalue weighted by Gasteiger charge is -2.38. The maximum absolute atomic E-state index is 10.3. The van der Waals surface area contributed by atoms with Gasteiger partial charge in [-0.3, -0.25) is 4.98 Å². The van der Waals surface area contributed by atoms with Crippen LogP contribution in [-0.4, -0.2) is 20.8 Å². The summed E-state index contributed by atoms with van der Waals surface area (Å²) in [6.45, 7) is 0. The first-order chi connectivity index (χ1) is 13.2. The molecule has 6 heteroatoms. The van der Waals surface area contributed by atoms with Gasteiger partial charge in [0.1, 0.15) is 11.5 Å². The summed E-state index contributed by atoms with van der Waals surface area (Å²) in [4.78, 5) is 4.10. The highest BCUT2D eigenvalue weighted by Crippen LogP contribution is 2.47. The van der Waals surface area contributed by atoms with Gasteiger partial charge in [-0.15, -0.1) is 0 Å². The highest BCUT2D eigenvalue weighted by atomic mass is 35.5. The molecule has 27 heavy (non-hydrogen) atoms.